The number of hydrogen-bond donors (Lipinski definition) is 0. The van der Waals surface area contributed by atoms with Crippen LogP contribution in [0.25, 0.3) is 172 Å². The van der Waals surface area contributed by atoms with Gasteiger partial charge in [-0.1, -0.05) is 267 Å². The SMILES string of the molecule is N#Cc1c(-c2ccccc2)c(-c2ccccc2)c(-c2ccccc2)c(-c2cc(C3c4ccccc4-c4cc(-c5ccc6c(c5)c5ccccc5n6-c5ccccc5)ccc43)nc(-n3c4ccccc4c4cc(-c5ccc6c(c5)c5ccccc5n6-c5ccccc5)ccc43)c2)c1-c1ccccc1. The van der Waals surface area contributed by atoms with Crippen molar-refractivity contribution in [1.82, 2.24) is 18.7 Å². The molecular weight excluding hydrogens is 1240 g/mol. The van der Waals surface area contributed by atoms with E-state index in [-0.39, 0.29) is 5.92 Å². The summed E-state index contributed by atoms with van der Waals surface area (Å²) in [5, 5.41) is 19.3. The van der Waals surface area contributed by atoms with Crippen LogP contribution >= 0.6 is 0 Å². The summed E-state index contributed by atoms with van der Waals surface area (Å²) in [4.78, 5) is 6.11. The van der Waals surface area contributed by atoms with Crippen molar-refractivity contribution in [1.29, 1.82) is 5.26 Å². The monoisotopic (exact) mass is 1300 g/mol. The molecule has 1 aliphatic carbocycles. The zero-order valence-electron chi connectivity index (χ0n) is 55.5. The number of rotatable bonds is 11. The highest BCUT2D eigenvalue weighted by Gasteiger charge is 2.35. The summed E-state index contributed by atoms with van der Waals surface area (Å²) in [6.45, 7) is 0. The molecule has 20 rings (SSSR count). The van der Waals surface area contributed by atoms with Gasteiger partial charge in [-0.3, -0.25) is 4.57 Å². The van der Waals surface area contributed by atoms with Crippen molar-refractivity contribution in [2.45, 2.75) is 5.92 Å². The molecule has 0 aliphatic heterocycles. The Morgan fingerprint density at radius 3 is 1.06 bits per heavy atom. The molecule has 4 heterocycles. The number of hydrogen-bond acceptors (Lipinski definition) is 2. The third kappa shape index (κ3) is 9.28. The van der Waals surface area contributed by atoms with Gasteiger partial charge >= 0.3 is 0 Å². The molecule has 0 radical (unpaired) electrons. The summed E-state index contributed by atoms with van der Waals surface area (Å²) in [5.74, 6) is 0.484. The van der Waals surface area contributed by atoms with Crippen LogP contribution in [0.15, 0.2) is 364 Å². The van der Waals surface area contributed by atoms with E-state index in [0.717, 1.165) is 123 Å². The quantitative estimate of drug-likeness (QED) is 0.130. The molecule has 5 nitrogen and oxygen atoms in total. The third-order valence-electron chi connectivity index (χ3n) is 21.1. The summed E-state index contributed by atoms with van der Waals surface area (Å²) >= 11 is 0. The fourth-order valence-electron chi connectivity index (χ4n) is 16.8. The number of nitriles is 1. The maximum Gasteiger partial charge on any atom is 0.138 e. The predicted molar refractivity (Wildman–Crippen MR) is 423 cm³/mol. The minimum Gasteiger partial charge on any atom is -0.309 e. The van der Waals surface area contributed by atoms with E-state index >= 15 is 0 Å². The molecule has 474 valence electrons. The average molecular weight is 1300 g/mol. The molecule has 5 heteroatoms. The van der Waals surface area contributed by atoms with Gasteiger partial charge in [0.15, 0.2) is 0 Å². The first-order chi connectivity index (χ1) is 50.6. The maximum atomic E-state index is 12.2. The van der Waals surface area contributed by atoms with E-state index in [1.165, 1.54) is 65.9 Å². The van der Waals surface area contributed by atoms with Crippen molar-refractivity contribution in [3.05, 3.63) is 386 Å². The molecule has 4 aromatic heterocycles. The zero-order chi connectivity index (χ0) is 67.4. The van der Waals surface area contributed by atoms with Gasteiger partial charge in [0.25, 0.3) is 0 Å². The van der Waals surface area contributed by atoms with Crippen LogP contribution in [0, 0.1) is 11.3 Å². The minimum absolute atomic E-state index is 0.286. The maximum absolute atomic E-state index is 12.2. The summed E-state index contributed by atoms with van der Waals surface area (Å²) in [6.07, 6.45) is 0. The molecule has 0 N–H and O–H groups in total. The van der Waals surface area contributed by atoms with Gasteiger partial charge in [0.05, 0.1) is 50.3 Å². The van der Waals surface area contributed by atoms with E-state index in [2.05, 4.69) is 384 Å². The van der Waals surface area contributed by atoms with Crippen molar-refractivity contribution in [2.24, 2.45) is 0 Å². The van der Waals surface area contributed by atoms with Crippen LogP contribution < -0.4 is 0 Å². The fraction of sp³-hybridized carbons (Fsp3) is 0.0103. The lowest BCUT2D eigenvalue weighted by Crippen LogP contribution is -2.08. The lowest BCUT2D eigenvalue weighted by Gasteiger charge is -2.27. The molecular formula is C97H61N5. The summed E-state index contributed by atoms with van der Waals surface area (Å²) in [6, 6.07) is 135. The topological polar surface area (TPSA) is 51.5 Å². The molecule has 0 amide bonds. The van der Waals surface area contributed by atoms with Crippen LogP contribution in [0.3, 0.4) is 0 Å². The highest BCUT2D eigenvalue weighted by atomic mass is 15.1. The number of para-hydroxylation sites is 5. The van der Waals surface area contributed by atoms with Crippen molar-refractivity contribution >= 4 is 65.4 Å². The van der Waals surface area contributed by atoms with E-state index in [9.17, 15) is 5.26 Å². The molecule has 19 aromatic rings. The molecule has 1 atom stereocenters. The lowest BCUT2D eigenvalue weighted by atomic mass is 9.75. The number of benzene rings is 15. The third-order valence-corrected chi connectivity index (χ3v) is 21.1. The normalized spacial score (nSPS) is 12.6. The van der Waals surface area contributed by atoms with Crippen LogP contribution in [-0.2, 0) is 0 Å². The highest BCUT2D eigenvalue weighted by molar-refractivity contribution is 6.15. The molecule has 0 fully saturated rings. The number of fused-ring (bicyclic) bond motifs is 12. The number of aromatic nitrogens is 4. The molecule has 0 saturated heterocycles. The van der Waals surface area contributed by atoms with Crippen LogP contribution in [0.2, 0.25) is 0 Å². The second-order valence-electron chi connectivity index (χ2n) is 26.7. The highest BCUT2D eigenvalue weighted by Crippen LogP contribution is 2.55. The predicted octanol–water partition coefficient (Wildman–Crippen LogP) is 25.1. The van der Waals surface area contributed by atoms with Crippen LogP contribution in [0.5, 0.6) is 0 Å². The van der Waals surface area contributed by atoms with Crippen molar-refractivity contribution in [3.8, 4) is 112 Å². The van der Waals surface area contributed by atoms with Crippen molar-refractivity contribution in [3.63, 3.8) is 0 Å². The van der Waals surface area contributed by atoms with Gasteiger partial charge in [-0.25, -0.2) is 4.98 Å². The van der Waals surface area contributed by atoms with Crippen molar-refractivity contribution < 1.29 is 0 Å². The Morgan fingerprint density at radius 1 is 0.245 bits per heavy atom. The van der Waals surface area contributed by atoms with Crippen LogP contribution in [0.4, 0.5) is 0 Å². The zero-order valence-corrected chi connectivity index (χ0v) is 55.5. The van der Waals surface area contributed by atoms with Crippen molar-refractivity contribution in [2.75, 3.05) is 0 Å². The lowest BCUT2D eigenvalue weighted by molar-refractivity contribution is 0.922. The Kier molecular flexibility index (Phi) is 13.7. The Hall–Kier alpha value is -13.7. The van der Waals surface area contributed by atoms with Gasteiger partial charge in [0.2, 0.25) is 0 Å². The summed E-state index contributed by atoms with van der Waals surface area (Å²) in [5.41, 5.74) is 29.4. The largest absolute Gasteiger partial charge is 0.309 e. The van der Waals surface area contributed by atoms with E-state index < -0.39 is 0 Å². The van der Waals surface area contributed by atoms with Gasteiger partial charge < -0.3 is 9.13 Å². The summed E-state index contributed by atoms with van der Waals surface area (Å²) < 4.78 is 7.15. The molecule has 0 saturated carbocycles. The first kappa shape index (κ1) is 58.5. The van der Waals surface area contributed by atoms with Gasteiger partial charge in [-0.2, -0.15) is 5.26 Å². The molecule has 1 aliphatic rings. The number of nitrogens with zero attached hydrogens (tertiary/aromatic N) is 5. The standard InChI is InChI=1S/C97H61N5/c98-61-83-92(62-27-7-1-8-28-62)94(64-31-11-3-12-32-64)95(65-33-13-4-14-34-65)96(93(83)63-29-9-2-10-30-63)70-59-84(97-77-43-20-19-39-73(77)79-55-66(47-51-78(79)97)67-48-52-88-80(56-67)74-40-21-24-44-85(74)100(88)71-35-15-5-16-36-71)99-91(60-70)102-87-46-26-23-42-76(87)82-58-69(50-54-90(82)102)68-49-53-89-81(57-68)75-41-22-25-45-86(75)101(89)72-37-17-6-18-38-72/h1-60,97H. The Balaban J connectivity index is 0.849. The van der Waals surface area contributed by atoms with Gasteiger partial charge in [0, 0.05) is 54.8 Å². The Bertz CT molecular complexity index is 6600. The molecule has 0 bridgehead atoms. The van der Waals surface area contributed by atoms with Gasteiger partial charge in [-0.05, 0) is 186 Å². The van der Waals surface area contributed by atoms with E-state index in [1.54, 1.807) is 0 Å². The van der Waals surface area contributed by atoms with Crippen LogP contribution in [0.1, 0.15) is 28.3 Å². The van der Waals surface area contributed by atoms with E-state index in [0.29, 0.717) is 5.56 Å². The molecule has 0 spiro atoms. The fourth-order valence-corrected chi connectivity index (χ4v) is 16.8. The molecule has 102 heavy (non-hydrogen) atoms. The Morgan fingerprint density at radius 2 is 0.588 bits per heavy atom. The van der Waals surface area contributed by atoms with Crippen LogP contribution in [-0.4, -0.2) is 18.7 Å². The second-order valence-corrected chi connectivity index (χ2v) is 26.7. The van der Waals surface area contributed by atoms with E-state index in [4.69, 9.17) is 4.98 Å². The first-order valence-corrected chi connectivity index (χ1v) is 34.9. The molecule has 15 aromatic carbocycles. The van der Waals surface area contributed by atoms with Gasteiger partial charge in [-0.15, -0.1) is 0 Å². The Labute approximate surface area is 590 Å². The number of pyridine rings is 1. The second kappa shape index (κ2) is 23.8. The molecule has 1 unspecified atom stereocenters. The first-order valence-electron chi connectivity index (χ1n) is 34.9. The average Bonchev–Trinajstić information content (AvgIpc) is 1.29. The van der Waals surface area contributed by atoms with E-state index in [1.807, 2.05) is 0 Å². The minimum atomic E-state index is -0.286. The smallest absolute Gasteiger partial charge is 0.138 e. The summed E-state index contributed by atoms with van der Waals surface area (Å²) in [7, 11) is 0. The van der Waals surface area contributed by atoms with Gasteiger partial charge in [0.1, 0.15) is 11.9 Å².